The van der Waals surface area contributed by atoms with Gasteiger partial charge in [0.25, 0.3) is 5.91 Å². The molecule has 0 aromatic rings. The summed E-state index contributed by atoms with van der Waals surface area (Å²) in [4.78, 5) is 11.2. The molecule has 3 nitrogen and oxygen atoms in total. The number of amides is 1. The summed E-state index contributed by atoms with van der Waals surface area (Å²) in [5.74, 6) is 0.939. The Balaban J connectivity index is 2.14. The number of allylic oxidation sites excluding steroid dienone is 3. The van der Waals surface area contributed by atoms with Crippen molar-refractivity contribution in [3.05, 3.63) is 23.1 Å². The van der Waals surface area contributed by atoms with E-state index in [-0.39, 0.29) is 12.5 Å². The molecule has 0 aromatic heterocycles. The zero-order valence-corrected chi connectivity index (χ0v) is 9.14. The number of hydrogen-bond acceptors (Lipinski definition) is 2. The summed E-state index contributed by atoms with van der Waals surface area (Å²) >= 11 is 0. The molecule has 0 aromatic carbocycles. The Labute approximate surface area is 90.2 Å². The van der Waals surface area contributed by atoms with Crippen LogP contribution in [0, 0.1) is 0 Å². The van der Waals surface area contributed by atoms with Gasteiger partial charge in [-0.3, -0.25) is 4.79 Å². The van der Waals surface area contributed by atoms with Gasteiger partial charge in [0.1, 0.15) is 5.76 Å². The van der Waals surface area contributed by atoms with Gasteiger partial charge in [-0.2, -0.15) is 0 Å². The lowest BCUT2D eigenvalue weighted by atomic mass is 9.99. The molecule has 1 amide bonds. The quantitative estimate of drug-likeness (QED) is 0.670. The van der Waals surface area contributed by atoms with E-state index in [0.717, 1.165) is 43.6 Å². The van der Waals surface area contributed by atoms with Gasteiger partial charge in [0.15, 0.2) is 6.61 Å². The molecule has 1 aliphatic heterocycles. The standard InChI is InChI=1S/C12H17NO2/c1-2-9-4-3-5-10-11(7-6-9)15-8-12(14)13-10/h6H,2-5,7-8H2,1H3,(H,13,14)/b9-6-. The highest BCUT2D eigenvalue weighted by molar-refractivity contribution is 5.80. The van der Waals surface area contributed by atoms with Crippen molar-refractivity contribution in [1.29, 1.82) is 0 Å². The topological polar surface area (TPSA) is 38.3 Å². The van der Waals surface area contributed by atoms with Crippen LogP contribution in [0.15, 0.2) is 23.1 Å². The first-order valence-corrected chi connectivity index (χ1v) is 5.62. The van der Waals surface area contributed by atoms with E-state index in [4.69, 9.17) is 4.74 Å². The second-order valence-corrected chi connectivity index (χ2v) is 4.01. The van der Waals surface area contributed by atoms with Crippen LogP contribution in [0.5, 0.6) is 0 Å². The Bertz CT molecular complexity index is 329. The van der Waals surface area contributed by atoms with Crippen LogP contribution in [-0.4, -0.2) is 12.5 Å². The number of carbonyl (C=O) groups is 1. The molecule has 0 saturated carbocycles. The molecular formula is C12H17NO2. The molecular weight excluding hydrogens is 190 g/mol. The highest BCUT2D eigenvalue weighted by atomic mass is 16.5. The first-order valence-electron chi connectivity index (χ1n) is 5.62. The van der Waals surface area contributed by atoms with Gasteiger partial charge in [0.2, 0.25) is 0 Å². The molecule has 0 fully saturated rings. The SMILES string of the molecule is CC/C1=C/CC2=C(CCC1)NC(=O)CO2. The third-order valence-electron chi connectivity index (χ3n) is 2.96. The van der Waals surface area contributed by atoms with E-state index in [1.807, 2.05) is 0 Å². The minimum Gasteiger partial charge on any atom is -0.486 e. The molecule has 82 valence electrons. The largest absolute Gasteiger partial charge is 0.486 e. The molecule has 0 saturated heterocycles. The molecule has 1 N–H and O–H groups in total. The zero-order valence-electron chi connectivity index (χ0n) is 9.14. The van der Waals surface area contributed by atoms with Crippen molar-refractivity contribution in [2.75, 3.05) is 6.61 Å². The van der Waals surface area contributed by atoms with E-state index < -0.39 is 0 Å². The summed E-state index contributed by atoms with van der Waals surface area (Å²) in [6.07, 6.45) is 7.36. The van der Waals surface area contributed by atoms with Crippen molar-refractivity contribution < 1.29 is 9.53 Å². The third-order valence-corrected chi connectivity index (χ3v) is 2.96. The van der Waals surface area contributed by atoms with Crippen LogP contribution in [0.25, 0.3) is 0 Å². The van der Waals surface area contributed by atoms with Crippen molar-refractivity contribution in [1.82, 2.24) is 5.32 Å². The lowest BCUT2D eigenvalue weighted by molar-refractivity contribution is -0.125. The van der Waals surface area contributed by atoms with E-state index in [9.17, 15) is 4.79 Å². The highest BCUT2D eigenvalue weighted by Gasteiger charge is 2.19. The summed E-state index contributed by atoms with van der Waals surface area (Å²) in [5, 5.41) is 2.91. The number of rotatable bonds is 1. The van der Waals surface area contributed by atoms with Crippen LogP contribution in [0.1, 0.15) is 39.0 Å². The maximum Gasteiger partial charge on any atom is 0.262 e. The average molecular weight is 207 g/mol. The Kier molecular flexibility index (Phi) is 3.09. The Morgan fingerprint density at radius 3 is 3.13 bits per heavy atom. The van der Waals surface area contributed by atoms with Gasteiger partial charge in [-0.1, -0.05) is 18.6 Å². The lowest BCUT2D eigenvalue weighted by Gasteiger charge is -2.23. The third kappa shape index (κ3) is 2.41. The monoisotopic (exact) mass is 207 g/mol. The van der Waals surface area contributed by atoms with Crippen molar-refractivity contribution in [2.24, 2.45) is 0 Å². The van der Waals surface area contributed by atoms with E-state index in [1.54, 1.807) is 0 Å². The highest BCUT2D eigenvalue weighted by Crippen LogP contribution is 2.24. The predicted octanol–water partition coefficient (Wildman–Crippen LogP) is 2.25. The second-order valence-electron chi connectivity index (χ2n) is 4.01. The number of ether oxygens (including phenoxy) is 1. The first kappa shape index (κ1) is 10.3. The van der Waals surface area contributed by atoms with Crippen LogP contribution in [0.3, 0.4) is 0 Å². The van der Waals surface area contributed by atoms with Gasteiger partial charge >= 0.3 is 0 Å². The van der Waals surface area contributed by atoms with Crippen molar-refractivity contribution in [3.63, 3.8) is 0 Å². The van der Waals surface area contributed by atoms with Gasteiger partial charge in [0, 0.05) is 6.42 Å². The number of hydrogen-bond donors (Lipinski definition) is 1. The molecule has 0 unspecified atom stereocenters. The van der Waals surface area contributed by atoms with E-state index in [1.165, 1.54) is 5.57 Å². The minimum atomic E-state index is -0.0194. The fraction of sp³-hybridized carbons (Fsp3) is 0.583. The summed E-state index contributed by atoms with van der Waals surface area (Å²) in [5.41, 5.74) is 2.50. The van der Waals surface area contributed by atoms with Crippen LogP contribution >= 0.6 is 0 Å². The van der Waals surface area contributed by atoms with Gasteiger partial charge in [-0.15, -0.1) is 0 Å². The minimum absolute atomic E-state index is 0.0194. The molecule has 1 aliphatic carbocycles. The average Bonchev–Trinajstić information content (AvgIpc) is 2.21. The van der Waals surface area contributed by atoms with Gasteiger partial charge in [0.05, 0.1) is 5.70 Å². The summed E-state index contributed by atoms with van der Waals surface area (Å²) < 4.78 is 5.45. The predicted molar refractivity (Wildman–Crippen MR) is 58.0 cm³/mol. The van der Waals surface area contributed by atoms with Gasteiger partial charge in [-0.25, -0.2) is 0 Å². The van der Waals surface area contributed by atoms with Crippen molar-refractivity contribution in [2.45, 2.75) is 39.0 Å². The molecule has 1 heterocycles. The normalized spacial score (nSPS) is 25.4. The lowest BCUT2D eigenvalue weighted by Crippen LogP contribution is -2.33. The molecule has 0 spiro atoms. The molecule has 0 radical (unpaired) electrons. The Hall–Kier alpha value is -1.25. The Morgan fingerprint density at radius 1 is 1.47 bits per heavy atom. The van der Waals surface area contributed by atoms with Gasteiger partial charge < -0.3 is 10.1 Å². The molecule has 2 rings (SSSR count). The molecule has 0 atom stereocenters. The van der Waals surface area contributed by atoms with E-state index >= 15 is 0 Å². The van der Waals surface area contributed by atoms with Crippen LogP contribution < -0.4 is 5.32 Å². The Morgan fingerprint density at radius 2 is 2.33 bits per heavy atom. The fourth-order valence-corrected chi connectivity index (χ4v) is 2.05. The van der Waals surface area contributed by atoms with Crippen molar-refractivity contribution in [3.8, 4) is 0 Å². The number of carbonyl (C=O) groups excluding carboxylic acids is 1. The molecule has 2 aliphatic rings. The fourth-order valence-electron chi connectivity index (χ4n) is 2.05. The van der Waals surface area contributed by atoms with E-state index in [0.29, 0.717) is 0 Å². The second kappa shape index (κ2) is 4.51. The van der Waals surface area contributed by atoms with E-state index in [2.05, 4.69) is 18.3 Å². The van der Waals surface area contributed by atoms with Crippen LogP contribution in [0.2, 0.25) is 0 Å². The molecule has 0 bridgehead atoms. The van der Waals surface area contributed by atoms with Crippen LogP contribution in [0.4, 0.5) is 0 Å². The summed E-state index contributed by atoms with van der Waals surface area (Å²) in [6, 6.07) is 0. The maximum absolute atomic E-state index is 11.2. The smallest absolute Gasteiger partial charge is 0.262 e. The van der Waals surface area contributed by atoms with Crippen LogP contribution in [-0.2, 0) is 9.53 Å². The first-order chi connectivity index (χ1) is 7.29. The summed E-state index contributed by atoms with van der Waals surface area (Å²) in [6.45, 7) is 2.36. The molecule has 3 heteroatoms. The molecule has 15 heavy (non-hydrogen) atoms. The van der Waals surface area contributed by atoms with Gasteiger partial charge in [-0.05, 0) is 25.7 Å². The van der Waals surface area contributed by atoms with Crippen molar-refractivity contribution >= 4 is 5.91 Å². The maximum atomic E-state index is 11.2. The number of nitrogens with one attached hydrogen (secondary N) is 1. The summed E-state index contributed by atoms with van der Waals surface area (Å²) in [7, 11) is 0. The zero-order chi connectivity index (χ0) is 10.7.